The van der Waals surface area contributed by atoms with Gasteiger partial charge in [-0.3, -0.25) is 4.79 Å². The summed E-state index contributed by atoms with van der Waals surface area (Å²) in [5, 5.41) is 5.94. The molecular weight excluding hydrogens is 294 g/mol. The van der Waals surface area contributed by atoms with Crippen molar-refractivity contribution in [3.63, 3.8) is 0 Å². The molecule has 0 fully saturated rings. The minimum Gasteiger partial charge on any atom is -0.494 e. The summed E-state index contributed by atoms with van der Waals surface area (Å²) in [5.74, 6) is 1.12. The third-order valence-corrected chi connectivity index (χ3v) is 3.07. The number of hydrogen-bond donors (Lipinski definition) is 2. The molecule has 1 heterocycles. The molecule has 0 aliphatic carbocycles. The molecule has 0 aliphatic heterocycles. The highest BCUT2D eigenvalue weighted by Crippen LogP contribution is 2.21. The fourth-order valence-corrected chi connectivity index (χ4v) is 1.99. The highest BCUT2D eigenvalue weighted by molar-refractivity contribution is 5.99. The van der Waals surface area contributed by atoms with Gasteiger partial charge < -0.3 is 20.1 Å². The third-order valence-electron chi connectivity index (χ3n) is 3.07. The first-order chi connectivity index (χ1) is 11.2. The van der Waals surface area contributed by atoms with Crippen LogP contribution in [0.15, 0.2) is 42.6 Å². The van der Waals surface area contributed by atoms with E-state index in [1.807, 2.05) is 31.2 Å². The Morgan fingerprint density at radius 3 is 2.70 bits per heavy atom. The number of ether oxygens (including phenoxy) is 2. The molecule has 6 heteroatoms. The van der Waals surface area contributed by atoms with Crippen LogP contribution < -0.4 is 15.4 Å². The molecule has 2 N–H and O–H groups in total. The lowest BCUT2D eigenvalue weighted by Crippen LogP contribution is -2.27. The maximum Gasteiger partial charge on any atom is 0.255 e. The molecule has 0 atom stereocenters. The van der Waals surface area contributed by atoms with Crippen molar-refractivity contribution in [1.82, 2.24) is 10.3 Å². The van der Waals surface area contributed by atoms with E-state index in [0.29, 0.717) is 31.1 Å². The molecule has 0 spiro atoms. The van der Waals surface area contributed by atoms with Crippen LogP contribution in [0.1, 0.15) is 17.3 Å². The minimum atomic E-state index is -0.191. The van der Waals surface area contributed by atoms with Crippen LogP contribution in [0.2, 0.25) is 0 Å². The molecule has 1 aromatic heterocycles. The summed E-state index contributed by atoms with van der Waals surface area (Å²) in [6, 6.07) is 11.0. The van der Waals surface area contributed by atoms with E-state index in [4.69, 9.17) is 9.47 Å². The predicted molar refractivity (Wildman–Crippen MR) is 89.3 cm³/mol. The molecule has 0 radical (unpaired) electrons. The van der Waals surface area contributed by atoms with Gasteiger partial charge in [-0.05, 0) is 43.3 Å². The van der Waals surface area contributed by atoms with E-state index in [0.717, 1.165) is 11.4 Å². The molecule has 0 unspecified atom stereocenters. The second-order valence-corrected chi connectivity index (χ2v) is 4.73. The van der Waals surface area contributed by atoms with Gasteiger partial charge in [0.1, 0.15) is 11.6 Å². The number of benzene rings is 1. The summed E-state index contributed by atoms with van der Waals surface area (Å²) in [7, 11) is 1.59. The smallest absolute Gasteiger partial charge is 0.255 e. The number of amides is 1. The van der Waals surface area contributed by atoms with Crippen molar-refractivity contribution in [2.45, 2.75) is 6.92 Å². The fraction of sp³-hybridized carbons (Fsp3) is 0.294. The van der Waals surface area contributed by atoms with E-state index in [1.54, 1.807) is 25.4 Å². The van der Waals surface area contributed by atoms with E-state index < -0.39 is 0 Å². The number of nitrogens with one attached hydrogen (secondary N) is 2. The highest BCUT2D eigenvalue weighted by atomic mass is 16.5. The van der Waals surface area contributed by atoms with Gasteiger partial charge in [-0.15, -0.1) is 0 Å². The molecular formula is C17H21N3O3. The van der Waals surface area contributed by atoms with E-state index >= 15 is 0 Å². The Labute approximate surface area is 135 Å². The molecule has 6 nitrogen and oxygen atoms in total. The van der Waals surface area contributed by atoms with Crippen molar-refractivity contribution in [3.8, 4) is 5.75 Å². The summed E-state index contributed by atoms with van der Waals surface area (Å²) in [4.78, 5) is 16.5. The Morgan fingerprint density at radius 1 is 1.22 bits per heavy atom. The minimum absolute atomic E-state index is 0.191. The summed E-state index contributed by atoms with van der Waals surface area (Å²) < 4.78 is 10.3. The molecule has 1 aromatic carbocycles. The first-order valence-electron chi connectivity index (χ1n) is 7.46. The van der Waals surface area contributed by atoms with Gasteiger partial charge in [0, 0.05) is 25.5 Å². The second-order valence-electron chi connectivity index (χ2n) is 4.73. The summed E-state index contributed by atoms with van der Waals surface area (Å²) >= 11 is 0. The van der Waals surface area contributed by atoms with Crippen LogP contribution in [-0.2, 0) is 4.74 Å². The van der Waals surface area contributed by atoms with E-state index in [-0.39, 0.29) is 5.91 Å². The number of rotatable bonds is 8. The molecule has 23 heavy (non-hydrogen) atoms. The van der Waals surface area contributed by atoms with Gasteiger partial charge in [-0.25, -0.2) is 4.98 Å². The van der Waals surface area contributed by atoms with Crippen LogP contribution in [0.3, 0.4) is 0 Å². The van der Waals surface area contributed by atoms with E-state index in [9.17, 15) is 4.79 Å². The largest absolute Gasteiger partial charge is 0.494 e. The molecule has 0 saturated heterocycles. The van der Waals surface area contributed by atoms with Crippen molar-refractivity contribution in [3.05, 3.63) is 48.2 Å². The Balaban J connectivity index is 2.09. The van der Waals surface area contributed by atoms with Crippen LogP contribution >= 0.6 is 0 Å². The van der Waals surface area contributed by atoms with Gasteiger partial charge in [0.05, 0.1) is 18.8 Å². The summed E-state index contributed by atoms with van der Waals surface area (Å²) in [5.41, 5.74) is 1.32. The van der Waals surface area contributed by atoms with Crippen molar-refractivity contribution in [2.24, 2.45) is 0 Å². The monoisotopic (exact) mass is 315 g/mol. The maximum atomic E-state index is 12.2. The lowest BCUT2D eigenvalue weighted by molar-refractivity contribution is 0.0937. The Kier molecular flexibility index (Phi) is 6.38. The highest BCUT2D eigenvalue weighted by Gasteiger charge is 2.12. The zero-order valence-corrected chi connectivity index (χ0v) is 13.3. The van der Waals surface area contributed by atoms with Crippen LogP contribution in [0.4, 0.5) is 11.5 Å². The van der Waals surface area contributed by atoms with Gasteiger partial charge in [0.15, 0.2) is 0 Å². The van der Waals surface area contributed by atoms with E-state index in [2.05, 4.69) is 15.6 Å². The molecule has 0 bridgehead atoms. The van der Waals surface area contributed by atoms with Crippen molar-refractivity contribution < 1.29 is 14.3 Å². The van der Waals surface area contributed by atoms with Gasteiger partial charge in [0.25, 0.3) is 5.91 Å². The third kappa shape index (κ3) is 4.96. The van der Waals surface area contributed by atoms with Crippen molar-refractivity contribution >= 4 is 17.4 Å². The zero-order valence-electron chi connectivity index (χ0n) is 13.3. The lowest BCUT2D eigenvalue weighted by Gasteiger charge is -2.11. The Bertz CT molecular complexity index is 629. The van der Waals surface area contributed by atoms with Gasteiger partial charge in [-0.1, -0.05) is 0 Å². The summed E-state index contributed by atoms with van der Waals surface area (Å²) in [6.45, 7) is 3.48. The molecule has 0 saturated carbocycles. The average molecular weight is 315 g/mol. The molecule has 0 aliphatic rings. The van der Waals surface area contributed by atoms with Crippen molar-refractivity contribution in [2.75, 3.05) is 32.2 Å². The van der Waals surface area contributed by atoms with Crippen molar-refractivity contribution in [1.29, 1.82) is 0 Å². The number of methoxy groups -OCH3 is 1. The van der Waals surface area contributed by atoms with Gasteiger partial charge in [0.2, 0.25) is 0 Å². The predicted octanol–water partition coefficient (Wildman–Crippen LogP) is 2.60. The first kappa shape index (κ1) is 16.8. The molecule has 1 amide bonds. The maximum absolute atomic E-state index is 12.2. The number of anilines is 2. The Hall–Kier alpha value is -2.60. The SMILES string of the molecule is CCOc1ccc(Nc2ncccc2C(=O)NCCOC)cc1. The van der Waals surface area contributed by atoms with E-state index in [1.165, 1.54) is 0 Å². The normalized spacial score (nSPS) is 10.2. The quantitative estimate of drug-likeness (QED) is 0.733. The van der Waals surface area contributed by atoms with Crippen LogP contribution in [0.25, 0.3) is 0 Å². The Morgan fingerprint density at radius 2 is 2.00 bits per heavy atom. The molecule has 122 valence electrons. The average Bonchev–Trinajstić information content (AvgIpc) is 2.57. The van der Waals surface area contributed by atoms with Gasteiger partial charge in [-0.2, -0.15) is 0 Å². The summed E-state index contributed by atoms with van der Waals surface area (Å²) in [6.07, 6.45) is 1.64. The standard InChI is InChI=1S/C17H21N3O3/c1-3-23-14-8-6-13(7-9-14)20-16-15(5-4-10-18-16)17(21)19-11-12-22-2/h4-10H,3,11-12H2,1-2H3,(H,18,20)(H,19,21). The number of pyridine rings is 1. The number of hydrogen-bond acceptors (Lipinski definition) is 5. The first-order valence-corrected chi connectivity index (χ1v) is 7.46. The number of nitrogens with zero attached hydrogens (tertiary/aromatic N) is 1. The number of aromatic nitrogens is 1. The van der Waals surface area contributed by atoms with Gasteiger partial charge >= 0.3 is 0 Å². The fourth-order valence-electron chi connectivity index (χ4n) is 1.99. The molecule has 2 rings (SSSR count). The topological polar surface area (TPSA) is 72.5 Å². The molecule has 2 aromatic rings. The zero-order chi connectivity index (χ0) is 16.5. The number of carbonyl (C=O) groups excluding carboxylic acids is 1. The number of carbonyl (C=O) groups is 1. The lowest BCUT2D eigenvalue weighted by atomic mass is 10.2. The van der Waals surface area contributed by atoms with Crippen LogP contribution in [-0.4, -0.2) is 37.8 Å². The van der Waals surface area contributed by atoms with Crippen LogP contribution in [0.5, 0.6) is 5.75 Å². The second kappa shape index (κ2) is 8.75. The van der Waals surface area contributed by atoms with Crippen LogP contribution in [0, 0.1) is 0 Å².